The van der Waals surface area contributed by atoms with Crippen LogP contribution in [0.2, 0.25) is 0 Å². The third kappa shape index (κ3) is 3.19. The summed E-state index contributed by atoms with van der Waals surface area (Å²) < 4.78 is 39.2. The fourth-order valence-corrected chi connectivity index (χ4v) is 2.76. The highest BCUT2D eigenvalue weighted by molar-refractivity contribution is 9.09. The summed E-state index contributed by atoms with van der Waals surface area (Å²) in [6.45, 7) is 0. The lowest BCUT2D eigenvalue weighted by atomic mass is 9.81. The summed E-state index contributed by atoms with van der Waals surface area (Å²) in [5.41, 5.74) is -2.32. The molecule has 0 unspecified atom stereocenters. The van der Waals surface area contributed by atoms with E-state index in [1.54, 1.807) is 0 Å². The van der Waals surface area contributed by atoms with Gasteiger partial charge in [0.05, 0.1) is 19.5 Å². The van der Waals surface area contributed by atoms with Crippen LogP contribution in [0.25, 0.3) is 0 Å². The number of ether oxygens (including phenoxy) is 2. The molecule has 1 N–H and O–H groups in total. The van der Waals surface area contributed by atoms with Gasteiger partial charge in [-0.05, 0) is 35.4 Å². The number of alkyl halides is 3. The number of halogens is 3. The van der Waals surface area contributed by atoms with Crippen LogP contribution in [-0.2, 0) is 5.60 Å². The van der Waals surface area contributed by atoms with Gasteiger partial charge in [0.1, 0.15) is 11.5 Å². The van der Waals surface area contributed by atoms with Crippen LogP contribution in [0.1, 0.15) is 11.1 Å². The van der Waals surface area contributed by atoms with Gasteiger partial charge in [0.25, 0.3) is 5.92 Å². The summed E-state index contributed by atoms with van der Waals surface area (Å²) in [4.78, 5) is 0. The molecule has 0 bridgehead atoms. The fourth-order valence-electron chi connectivity index (χ4n) is 2.35. The highest BCUT2D eigenvalue weighted by Crippen LogP contribution is 2.44. The summed E-state index contributed by atoms with van der Waals surface area (Å²) in [6.07, 6.45) is 0. The molecule has 3 nitrogen and oxygen atoms in total. The number of methoxy groups -OCH3 is 2. The number of aliphatic hydroxyl groups is 1. The van der Waals surface area contributed by atoms with Gasteiger partial charge < -0.3 is 14.6 Å². The maximum atomic E-state index is 14.6. The third-order valence-electron chi connectivity index (χ3n) is 3.71. The van der Waals surface area contributed by atoms with Crippen molar-refractivity contribution in [2.45, 2.75) is 11.5 Å². The number of hydrogen-bond acceptors (Lipinski definition) is 3. The molecule has 0 aliphatic heterocycles. The average molecular weight is 387 g/mol. The van der Waals surface area contributed by atoms with Gasteiger partial charge in [0, 0.05) is 0 Å². The smallest absolute Gasteiger partial charge is 0.293 e. The fraction of sp³-hybridized carbons (Fsp3) is 0.294. The Morgan fingerprint density at radius 3 is 1.48 bits per heavy atom. The molecule has 0 heterocycles. The maximum Gasteiger partial charge on any atom is 0.293 e. The normalized spacial score (nSPS) is 12.1. The zero-order valence-electron chi connectivity index (χ0n) is 12.7. The SMILES string of the molecule is COc1ccc(C(O)(c2ccc(OC)cc2)C(F)(F)CBr)cc1. The van der Waals surface area contributed by atoms with Crippen molar-refractivity contribution in [2.24, 2.45) is 0 Å². The zero-order chi connectivity index (χ0) is 17.1. The van der Waals surface area contributed by atoms with Crippen LogP contribution >= 0.6 is 15.9 Å². The predicted octanol–water partition coefficient (Wildman–Crippen LogP) is 3.97. The van der Waals surface area contributed by atoms with E-state index in [9.17, 15) is 13.9 Å². The van der Waals surface area contributed by atoms with E-state index in [-0.39, 0.29) is 11.1 Å². The molecule has 0 amide bonds. The third-order valence-corrected chi connectivity index (χ3v) is 4.42. The highest BCUT2D eigenvalue weighted by atomic mass is 79.9. The van der Waals surface area contributed by atoms with Gasteiger partial charge in [0.15, 0.2) is 5.60 Å². The molecule has 0 saturated heterocycles. The van der Waals surface area contributed by atoms with Crippen LogP contribution < -0.4 is 9.47 Å². The minimum Gasteiger partial charge on any atom is -0.497 e. The Bertz CT molecular complexity index is 594. The minimum absolute atomic E-state index is 0.0768. The summed E-state index contributed by atoms with van der Waals surface area (Å²) in [5, 5.41) is 10.3. The average Bonchev–Trinajstić information content (AvgIpc) is 2.61. The summed E-state index contributed by atoms with van der Waals surface area (Å²) in [6, 6.07) is 11.9. The Labute approximate surface area is 142 Å². The summed E-state index contributed by atoms with van der Waals surface area (Å²) in [7, 11) is 2.97. The van der Waals surface area contributed by atoms with Crippen molar-refractivity contribution in [3.05, 3.63) is 59.7 Å². The Morgan fingerprint density at radius 1 is 0.870 bits per heavy atom. The predicted molar refractivity (Wildman–Crippen MR) is 87.7 cm³/mol. The van der Waals surface area contributed by atoms with Crippen molar-refractivity contribution in [2.75, 3.05) is 19.5 Å². The molecule has 0 aliphatic rings. The van der Waals surface area contributed by atoms with E-state index >= 15 is 0 Å². The zero-order valence-corrected chi connectivity index (χ0v) is 14.3. The van der Waals surface area contributed by atoms with E-state index in [4.69, 9.17) is 9.47 Å². The van der Waals surface area contributed by atoms with E-state index in [1.807, 2.05) is 0 Å². The van der Waals surface area contributed by atoms with Gasteiger partial charge in [-0.25, -0.2) is 8.78 Å². The van der Waals surface area contributed by atoms with Crippen molar-refractivity contribution < 1.29 is 23.4 Å². The number of hydrogen-bond donors (Lipinski definition) is 1. The molecule has 0 spiro atoms. The molecule has 0 radical (unpaired) electrons. The van der Waals surface area contributed by atoms with Crippen LogP contribution in [0.3, 0.4) is 0 Å². The van der Waals surface area contributed by atoms with E-state index in [1.165, 1.54) is 62.8 Å². The van der Waals surface area contributed by atoms with Gasteiger partial charge in [0.2, 0.25) is 0 Å². The maximum absolute atomic E-state index is 14.6. The highest BCUT2D eigenvalue weighted by Gasteiger charge is 2.54. The molecule has 0 atom stereocenters. The van der Waals surface area contributed by atoms with E-state index in [0.717, 1.165) is 0 Å². The number of rotatable bonds is 6. The standard InChI is InChI=1S/C17H17BrF2O3/c1-22-14-7-3-12(4-8-14)17(21,16(19,20)11-18)13-5-9-15(23-2)10-6-13/h3-10,21H,11H2,1-2H3. The van der Waals surface area contributed by atoms with Crippen LogP contribution in [0.4, 0.5) is 8.78 Å². The van der Waals surface area contributed by atoms with Gasteiger partial charge in [-0.2, -0.15) is 0 Å². The molecular weight excluding hydrogens is 370 g/mol. The van der Waals surface area contributed by atoms with Crippen molar-refractivity contribution in [3.8, 4) is 11.5 Å². The Hall–Kier alpha value is -1.66. The molecule has 2 rings (SSSR count). The molecular formula is C17H17BrF2O3. The first-order chi connectivity index (χ1) is 10.9. The second-order valence-electron chi connectivity index (χ2n) is 5.01. The molecule has 0 aromatic heterocycles. The van der Waals surface area contributed by atoms with Gasteiger partial charge in [-0.15, -0.1) is 0 Å². The van der Waals surface area contributed by atoms with Crippen molar-refractivity contribution in [1.29, 1.82) is 0 Å². The Balaban J connectivity index is 2.59. The molecule has 0 saturated carbocycles. The van der Waals surface area contributed by atoms with Crippen molar-refractivity contribution in [1.82, 2.24) is 0 Å². The largest absolute Gasteiger partial charge is 0.497 e. The monoisotopic (exact) mass is 386 g/mol. The molecule has 6 heteroatoms. The quantitative estimate of drug-likeness (QED) is 0.763. The van der Waals surface area contributed by atoms with Gasteiger partial charge >= 0.3 is 0 Å². The second kappa shape index (κ2) is 6.84. The molecule has 2 aromatic carbocycles. The van der Waals surface area contributed by atoms with Gasteiger partial charge in [-0.3, -0.25) is 0 Å². The van der Waals surface area contributed by atoms with Crippen molar-refractivity contribution >= 4 is 15.9 Å². The van der Waals surface area contributed by atoms with Crippen molar-refractivity contribution in [3.63, 3.8) is 0 Å². The molecule has 124 valence electrons. The minimum atomic E-state index is -3.42. The summed E-state index contributed by atoms with van der Waals surface area (Å²) >= 11 is 2.80. The molecule has 23 heavy (non-hydrogen) atoms. The van der Waals surface area contributed by atoms with Crippen LogP contribution in [0.5, 0.6) is 11.5 Å². The molecule has 2 aromatic rings. The lowest BCUT2D eigenvalue weighted by Gasteiger charge is -2.36. The lowest BCUT2D eigenvalue weighted by Crippen LogP contribution is -2.47. The van der Waals surface area contributed by atoms with E-state index in [2.05, 4.69) is 15.9 Å². The van der Waals surface area contributed by atoms with Crippen LogP contribution in [-0.4, -0.2) is 30.6 Å². The van der Waals surface area contributed by atoms with E-state index in [0.29, 0.717) is 11.5 Å². The Kier molecular flexibility index (Phi) is 5.26. The topological polar surface area (TPSA) is 38.7 Å². The van der Waals surface area contributed by atoms with Crippen LogP contribution in [0, 0.1) is 0 Å². The number of benzene rings is 2. The van der Waals surface area contributed by atoms with Gasteiger partial charge in [-0.1, -0.05) is 40.2 Å². The first kappa shape index (κ1) is 17.7. The first-order valence-electron chi connectivity index (χ1n) is 6.84. The second-order valence-corrected chi connectivity index (χ2v) is 5.57. The molecule has 0 fully saturated rings. The lowest BCUT2D eigenvalue weighted by molar-refractivity contribution is -0.146. The first-order valence-corrected chi connectivity index (χ1v) is 7.96. The summed E-state index contributed by atoms with van der Waals surface area (Å²) in [5.74, 6) is -2.38. The Morgan fingerprint density at radius 2 is 1.22 bits per heavy atom. The molecule has 0 aliphatic carbocycles. The van der Waals surface area contributed by atoms with Crippen LogP contribution in [0.15, 0.2) is 48.5 Å². The van der Waals surface area contributed by atoms with E-state index < -0.39 is 16.9 Å².